The molecule has 1 aliphatic carbocycles. The third-order valence-corrected chi connectivity index (χ3v) is 4.64. The quantitative estimate of drug-likeness (QED) is 0.503. The van der Waals surface area contributed by atoms with Crippen molar-refractivity contribution in [3.63, 3.8) is 0 Å². The van der Waals surface area contributed by atoms with Gasteiger partial charge < -0.3 is 0 Å². The van der Waals surface area contributed by atoms with Crippen LogP contribution < -0.4 is 0 Å². The molecule has 0 heterocycles. The molecule has 0 aromatic heterocycles. The first-order chi connectivity index (χ1) is 9.79. The van der Waals surface area contributed by atoms with Gasteiger partial charge >= 0.3 is 0 Å². The first-order valence-corrected chi connectivity index (χ1v) is 7.82. The summed E-state index contributed by atoms with van der Waals surface area (Å²) in [5, 5.41) is 0. The van der Waals surface area contributed by atoms with E-state index < -0.39 is 0 Å². The Morgan fingerprint density at radius 1 is 1.19 bits per heavy atom. The summed E-state index contributed by atoms with van der Waals surface area (Å²) >= 11 is 0. The summed E-state index contributed by atoms with van der Waals surface area (Å²) in [5.74, 6) is 0.464. The van der Waals surface area contributed by atoms with Gasteiger partial charge in [0.05, 0.1) is 0 Å². The van der Waals surface area contributed by atoms with Gasteiger partial charge in [-0.2, -0.15) is 0 Å². The summed E-state index contributed by atoms with van der Waals surface area (Å²) in [4.78, 5) is 0. The zero-order chi connectivity index (χ0) is 16.2. The Kier molecular flexibility index (Phi) is 6.20. The minimum absolute atomic E-state index is 0.464. The van der Waals surface area contributed by atoms with Crippen molar-refractivity contribution < 1.29 is 0 Å². The monoisotopic (exact) mass is 282 g/mol. The lowest BCUT2D eigenvalue weighted by molar-refractivity contribution is 0.657. The largest absolute Gasteiger partial charge is 0.0958 e. The van der Waals surface area contributed by atoms with Crippen LogP contribution in [0.5, 0.6) is 0 Å². The molecule has 1 unspecified atom stereocenters. The maximum Gasteiger partial charge on any atom is 0.00458 e. The molecule has 1 atom stereocenters. The number of rotatable bonds is 4. The molecule has 1 rings (SSSR count). The van der Waals surface area contributed by atoms with E-state index in [2.05, 4.69) is 72.9 Å². The van der Waals surface area contributed by atoms with Crippen molar-refractivity contribution in [2.75, 3.05) is 0 Å². The van der Waals surface area contributed by atoms with Crippen molar-refractivity contribution in [3.05, 3.63) is 70.4 Å². The molecule has 114 valence electrons. The van der Waals surface area contributed by atoms with Crippen molar-refractivity contribution in [3.8, 4) is 0 Å². The van der Waals surface area contributed by atoms with E-state index >= 15 is 0 Å². The molecule has 0 aliphatic heterocycles. The third-order valence-electron chi connectivity index (χ3n) is 4.64. The highest BCUT2D eigenvalue weighted by molar-refractivity contribution is 5.47. The van der Waals surface area contributed by atoms with Crippen molar-refractivity contribution in [1.29, 1.82) is 0 Å². The molecule has 0 spiro atoms. The number of hydrogen-bond acceptors (Lipinski definition) is 0. The molecule has 21 heavy (non-hydrogen) atoms. The van der Waals surface area contributed by atoms with Crippen molar-refractivity contribution in [2.45, 2.75) is 54.4 Å². The lowest BCUT2D eigenvalue weighted by atomic mass is 9.87. The lowest BCUT2D eigenvalue weighted by Gasteiger charge is -2.18. The number of hydrogen-bond donors (Lipinski definition) is 0. The highest BCUT2D eigenvalue weighted by Crippen LogP contribution is 2.35. The van der Waals surface area contributed by atoms with Gasteiger partial charge in [0, 0.05) is 5.92 Å². The van der Waals surface area contributed by atoms with Crippen molar-refractivity contribution >= 4 is 0 Å². The summed E-state index contributed by atoms with van der Waals surface area (Å²) in [6, 6.07) is 0. The second-order valence-electron chi connectivity index (χ2n) is 6.25. The first-order valence-electron chi connectivity index (χ1n) is 7.82. The van der Waals surface area contributed by atoms with E-state index in [1.54, 1.807) is 0 Å². The smallest absolute Gasteiger partial charge is 0.00458 e. The van der Waals surface area contributed by atoms with Crippen LogP contribution in [-0.2, 0) is 0 Å². The minimum atomic E-state index is 0.464. The molecule has 0 saturated heterocycles. The van der Waals surface area contributed by atoms with Gasteiger partial charge in [0.2, 0.25) is 0 Å². The highest BCUT2D eigenvalue weighted by atomic mass is 14.2. The average molecular weight is 282 g/mol. The van der Waals surface area contributed by atoms with E-state index in [0.29, 0.717) is 5.92 Å². The van der Waals surface area contributed by atoms with Gasteiger partial charge in [-0.25, -0.2) is 0 Å². The Morgan fingerprint density at radius 3 is 2.33 bits per heavy atom. The molecule has 0 saturated carbocycles. The zero-order valence-electron chi connectivity index (χ0n) is 14.6. The van der Waals surface area contributed by atoms with Crippen LogP contribution in [0.15, 0.2) is 70.4 Å². The Morgan fingerprint density at radius 2 is 1.81 bits per heavy atom. The third kappa shape index (κ3) is 4.20. The van der Waals surface area contributed by atoms with Crippen LogP contribution in [0, 0.1) is 5.92 Å². The predicted octanol–water partition coefficient (Wildman–Crippen LogP) is 6.70. The highest BCUT2D eigenvalue weighted by Gasteiger charge is 2.19. The molecular weight excluding hydrogens is 252 g/mol. The molecule has 0 N–H and O–H groups in total. The van der Waals surface area contributed by atoms with Crippen LogP contribution in [0.2, 0.25) is 0 Å². The van der Waals surface area contributed by atoms with Crippen molar-refractivity contribution in [1.82, 2.24) is 0 Å². The summed E-state index contributed by atoms with van der Waals surface area (Å²) in [6.07, 6.45) is 8.81. The summed E-state index contributed by atoms with van der Waals surface area (Å²) in [7, 11) is 0. The molecule has 0 radical (unpaired) electrons. The van der Waals surface area contributed by atoms with Crippen LogP contribution in [0.4, 0.5) is 0 Å². The molecule has 0 nitrogen and oxygen atoms in total. The molecular formula is C21H30. The van der Waals surface area contributed by atoms with Crippen LogP contribution in [-0.4, -0.2) is 0 Å². The molecule has 0 amide bonds. The number of allylic oxidation sites excluding steroid dienone is 10. The minimum Gasteiger partial charge on any atom is -0.0958 e. The van der Waals surface area contributed by atoms with E-state index in [4.69, 9.17) is 0 Å². The SMILES string of the molecule is C=C(C)C(C)=C(C)C1=C(C)C=C(C)C(C(=C)C=CC)CC1. The van der Waals surface area contributed by atoms with Crippen LogP contribution in [0.1, 0.15) is 54.4 Å². The molecule has 0 aromatic rings. The second-order valence-corrected chi connectivity index (χ2v) is 6.25. The summed E-state index contributed by atoms with van der Waals surface area (Å²) in [6.45, 7) is 21.3. The Hall–Kier alpha value is -1.56. The van der Waals surface area contributed by atoms with E-state index in [0.717, 1.165) is 18.4 Å². The second kappa shape index (κ2) is 7.45. The van der Waals surface area contributed by atoms with E-state index in [1.807, 2.05) is 0 Å². The normalized spacial score (nSPS) is 21.0. The maximum atomic E-state index is 4.25. The van der Waals surface area contributed by atoms with Gasteiger partial charge in [-0.05, 0) is 82.2 Å². The zero-order valence-corrected chi connectivity index (χ0v) is 14.6. The van der Waals surface area contributed by atoms with Gasteiger partial charge in [0.15, 0.2) is 0 Å². The van der Waals surface area contributed by atoms with Crippen LogP contribution in [0.25, 0.3) is 0 Å². The molecule has 0 bridgehead atoms. The lowest BCUT2D eigenvalue weighted by Crippen LogP contribution is -2.03. The van der Waals surface area contributed by atoms with Crippen molar-refractivity contribution in [2.24, 2.45) is 5.92 Å². The van der Waals surface area contributed by atoms with E-state index in [9.17, 15) is 0 Å². The molecule has 0 heteroatoms. The Bertz CT molecular complexity index is 559. The van der Waals surface area contributed by atoms with E-state index in [-0.39, 0.29) is 0 Å². The van der Waals surface area contributed by atoms with Gasteiger partial charge in [0.1, 0.15) is 0 Å². The first kappa shape index (κ1) is 17.5. The predicted molar refractivity (Wildman–Crippen MR) is 96.3 cm³/mol. The molecule has 1 aliphatic rings. The van der Waals surface area contributed by atoms with Crippen LogP contribution >= 0.6 is 0 Å². The fraction of sp³-hybridized carbons (Fsp3) is 0.429. The van der Waals surface area contributed by atoms with Gasteiger partial charge in [-0.15, -0.1) is 0 Å². The van der Waals surface area contributed by atoms with Crippen LogP contribution in [0.3, 0.4) is 0 Å². The standard InChI is InChI=1S/C21H30/c1-9-10-15(4)20-11-12-21(17(6)13-16(20)5)19(8)18(7)14(2)3/h9-10,13,20H,2,4,11-12H2,1,3,5-8H3. The fourth-order valence-electron chi connectivity index (χ4n) is 3.08. The topological polar surface area (TPSA) is 0 Å². The maximum absolute atomic E-state index is 4.25. The molecule has 0 fully saturated rings. The average Bonchev–Trinajstić information content (AvgIpc) is 2.55. The fourth-order valence-corrected chi connectivity index (χ4v) is 3.08. The van der Waals surface area contributed by atoms with Gasteiger partial charge in [-0.3, -0.25) is 0 Å². The summed E-state index contributed by atoms with van der Waals surface area (Å²) < 4.78 is 0. The van der Waals surface area contributed by atoms with Gasteiger partial charge in [-0.1, -0.05) is 42.5 Å². The Balaban J connectivity index is 3.17. The molecule has 0 aromatic carbocycles. The van der Waals surface area contributed by atoms with Gasteiger partial charge in [0.25, 0.3) is 0 Å². The van der Waals surface area contributed by atoms with E-state index in [1.165, 1.54) is 33.4 Å². The Labute approximate surface area is 131 Å². The summed E-state index contributed by atoms with van der Waals surface area (Å²) in [5.41, 5.74) is 9.38.